The summed E-state index contributed by atoms with van der Waals surface area (Å²) in [6.07, 6.45) is 3.52. The van der Waals surface area contributed by atoms with E-state index >= 15 is 0 Å². The normalized spacial score (nSPS) is 19.4. The molecule has 4 nitrogen and oxygen atoms in total. The van der Waals surface area contributed by atoms with E-state index in [1.54, 1.807) is 7.11 Å². The number of ether oxygens (including phenoxy) is 2. The van der Waals surface area contributed by atoms with Gasteiger partial charge in [0.05, 0.1) is 19.8 Å². The van der Waals surface area contributed by atoms with Gasteiger partial charge in [0.25, 0.3) is 0 Å². The minimum atomic E-state index is 0.675. The van der Waals surface area contributed by atoms with Crippen molar-refractivity contribution in [3.8, 4) is 0 Å². The lowest BCUT2D eigenvalue weighted by Gasteiger charge is -2.08. The van der Waals surface area contributed by atoms with Crippen LogP contribution in [-0.2, 0) is 9.47 Å². The summed E-state index contributed by atoms with van der Waals surface area (Å²) >= 11 is 1.89. The number of rotatable bonds is 9. The van der Waals surface area contributed by atoms with Gasteiger partial charge in [0.1, 0.15) is 0 Å². The second-order valence-electron chi connectivity index (χ2n) is 4.06. The molecule has 0 aromatic carbocycles. The maximum Gasteiger partial charge on any atom is 0.156 e. The van der Waals surface area contributed by atoms with E-state index in [-0.39, 0.29) is 0 Å². The highest BCUT2D eigenvalue weighted by atomic mass is 32.2. The van der Waals surface area contributed by atoms with Gasteiger partial charge in [0, 0.05) is 25.5 Å². The van der Waals surface area contributed by atoms with Crippen molar-refractivity contribution >= 4 is 16.9 Å². The van der Waals surface area contributed by atoms with E-state index in [1.165, 1.54) is 12.8 Å². The van der Waals surface area contributed by atoms with Crippen LogP contribution in [0.15, 0.2) is 4.99 Å². The Bertz CT molecular complexity index is 225. The lowest BCUT2D eigenvalue weighted by Crippen LogP contribution is -2.22. The van der Waals surface area contributed by atoms with Crippen molar-refractivity contribution in [2.45, 2.75) is 31.4 Å². The van der Waals surface area contributed by atoms with Gasteiger partial charge in [-0.1, -0.05) is 25.1 Å². The van der Waals surface area contributed by atoms with E-state index in [0.717, 1.165) is 31.3 Å². The molecule has 0 amide bonds. The molecule has 17 heavy (non-hydrogen) atoms. The van der Waals surface area contributed by atoms with Crippen LogP contribution in [0.1, 0.15) is 26.2 Å². The molecule has 1 atom stereocenters. The highest BCUT2D eigenvalue weighted by Gasteiger charge is 2.17. The van der Waals surface area contributed by atoms with Gasteiger partial charge in [-0.3, -0.25) is 4.99 Å². The van der Waals surface area contributed by atoms with E-state index in [2.05, 4.69) is 17.2 Å². The fourth-order valence-corrected chi connectivity index (χ4v) is 2.75. The molecular weight excluding hydrogens is 236 g/mol. The van der Waals surface area contributed by atoms with Crippen LogP contribution in [0.5, 0.6) is 0 Å². The maximum absolute atomic E-state index is 5.39. The molecule has 1 N–H and O–H groups in total. The monoisotopic (exact) mass is 260 g/mol. The largest absolute Gasteiger partial charge is 0.382 e. The average Bonchev–Trinajstić information content (AvgIpc) is 2.76. The zero-order chi connectivity index (χ0) is 12.3. The van der Waals surface area contributed by atoms with Crippen LogP contribution in [0.25, 0.3) is 0 Å². The van der Waals surface area contributed by atoms with Crippen LogP contribution in [0, 0.1) is 0 Å². The van der Waals surface area contributed by atoms with Gasteiger partial charge in [-0.2, -0.15) is 0 Å². The third kappa shape index (κ3) is 6.91. The second-order valence-corrected chi connectivity index (χ2v) is 5.35. The second kappa shape index (κ2) is 9.74. The Kier molecular flexibility index (Phi) is 8.48. The number of hydrogen-bond donors (Lipinski definition) is 1. The lowest BCUT2D eigenvalue weighted by atomic mass is 10.2. The zero-order valence-corrected chi connectivity index (χ0v) is 11.7. The molecule has 1 unspecified atom stereocenters. The molecule has 1 heterocycles. The Hall–Kier alpha value is -0.260. The van der Waals surface area contributed by atoms with Gasteiger partial charge in [-0.15, -0.1) is 0 Å². The molecule has 0 aliphatic carbocycles. The van der Waals surface area contributed by atoms with Crippen molar-refractivity contribution in [3.05, 3.63) is 0 Å². The van der Waals surface area contributed by atoms with Crippen molar-refractivity contribution in [1.82, 2.24) is 5.32 Å². The molecule has 0 saturated heterocycles. The average molecular weight is 260 g/mol. The molecule has 0 saturated carbocycles. The first-order chi connectivity index (χ1) is 8.36. The van der Waals surface area contributed by atoms with E-state index < -0.39 is 0 Å². The molecule has 1 aliphatic heterocycles. The number of hydrogen-bond acceptors (Lipinski definition) is 5. The number of amidine groups is 1. The Morgan fingerprint density at radius 3 is 3.06 bits per heavy atom. The summed E-state index contributed by atoms with van der Waals surface area (Å²) < 4.78 is 10.3. The molecule has 100 valence electrons. The number of thioether (sulfide) groups is 1. The SMILES string of the molecule is CCCC1CN=C(NCCCOCCOC)S1. The molecule has 5 heteroatoms. The van der Waals surface area contributed by atoms with Crippen LogP contribution in [0.3, 0.4) is 0 Å². The molecule has 0 spiro atoms. The van der Waals surface area contributed by atoms with Crippen molar-refractivity contribution in [3.63, 3.8) is 0 Å². The zero-order valence-electron chi connectivity index (χ0n) is 10.9. The van der Waals surface area contributed by atoms with Crippen LogP contribution < -0.4 is 5.32 Å². The van der Waals surface area contributed by atoms with Crippen molar-refractivity contribution in [2.24, 2.45) is 4.99 Å². The van der Waals surface area contributed by atoms with Crippen molar-refractivity contribution in [2.75, 3.05) is 40.0 Å². The molecule has 0 aromatic rings. The third-order valence-corrected chi connectivity index (χ3v) is 3.72. The first-order valence-corrected chi connectivity index (χ1v) is 7.26. The van der Waals surface area contributed by atoms with E-state index in [9.17, 15) is 0 Å². The third-order valence-electron chi connectivity index (χ3n) is 2.50. The van der Waals surface area contributed by atoms with Gasteiger partial charge in [0.15, 0.2) is 5.17 Å². The Morgan fingerprint density at radius 2 is 2.29 bits per heavy atom. The summed E-state index contributed by atoms with van der Waals surface area (Å²) in [5.74, 6) is 0. The summed E-state index contributed by atoms with van der Waals surface area (Å²) in [4.78, 5) is 4.49. The molecule has 0 aromatic heterocycles. The number of nitrogens with zero attached hydrogens (tertiary/aromatic N) is 1. The molecule has 0 fully saturated rings. The van der Waals surface area contributed by atoms with Gasteiger partial charge < -0.3 is 14.8 Å². The van der Waals surface area contributed by atoms with E-state index in [4.69, 9.17) is 9.47 Å². The Labute approximate surface area is 109 Å². The highest BCUT2D eigenvalue weighted by Crippen LogP contribution is 2.23. The fraction of sp³-hybridized carbons (Fsp3) is 0.917. The molecule has 1 rings (SSSR count). The topological polar surface area (TPSA) is 42.9 Å². The quantitative estimate of drug-likeness (QED) is 0.643. The Morgan fingerprint density at radius 1 is 1.41 bits per heavy atom. The summed E-state index contributed by atoms with van der Waals surface area (Å²) in [7, 11) is 1.69. The van der Waals surface area contributed by atoms with Gasteiger partial charge in [-0.25, -0.2) is 0 Å². The predicted octanol–water partition coefficient (Wildman–Crippen LogP) is 1.90. The van der Waals surface area contributed by atoms with Crippen LogP contribution in [0.4, 0.5) is 0 Å². The number of methoxy groups -OCH3 is 1. The summed E-state index contributed by atoms with van der Waals surface area (Å²) in [6, 6.07) is 0. The maximum atomic E-state index is 5.39. The van der Waals surface area contributed by atoms with Crippen LogP contribution in [-0.4, -0.2) is 50.4 Å². The fourth-order valence-electron chi connectivity index (χ4n) is 1.60. The summed E-state index contributed by atoms with van der Waals surface area (Å²) in [5, 5.41) is 5.17. The molecule has 1 aliphatic rings. The summed E-state index contributed by atoms with van der Waals surface area (Å²) in [6.45, 7) is 6.29. The first kappa shape index (κ1) is 14.8. The molecule has 0 radical (unpaired) electrons. The van der Waals surface area contributed by atoms with Crippen LogP contribution in [0.2, 0.25) is 0 Å². The lowest BCUT2D eigenvalue weighted by molar-refractivity contribution is 0.0699. The van der Waals surface area contributed by atoms with Gasteiger partial charge >= 0.3 is 0 Å². The highest BCUT2D eigenvalue weighted by molar-refractivity contribution is 8.14. The number of nitrogens with one attached hydrogen (secondary N) is 1. The minimum absolute atomic E-state index is 0.675. The smallest absolute Gasteiger partial charge is 0.156 e. The minimum Gasteiger partial charge on any atom is -0.382 e. The van der Waals surface area contributed by atoms with E-state index in [1.807, 2.05) is 11.8 Å². The molecular formula is C12H24N2O2S. The summed E-state index contributed by atoms with van der Waals surface area (Å²) in [5.41, 5.74) is 0. The van der Waals surface area contributed by atoms with Gasteiger partial charge in [0.2, 0.25) is 0 Å². The van der Waals surface area contributed by atoms with E-state index in [0.29, 0.717) is 18.5 Å². The number of aliphatic imine (C=N–C) groups is 1. The molecule has 0 bridgehead atoms. The van der Waals surface area contributed by atoms with Crippen molar-refractivity contribution < 1.29 is 9.47 Å². The first-order valence-electron chi connectivity index (χ1n) is 6.38. The van der Waals surface area contributed by atoms with Crippen LogP contribution >= 0.6 is 11.8 Å². The Balaban J connectivity index is 1.90. The predicted molar refractivity (Wildman–Crippen MR) is 73.9 cm³/mol. The van der Waals surface area contributed by atoms with Gasteiger partial charge in [-0.05, 0) is 12.8 Å². The standard InChI is InChI=1S/C12H24N2O2S/c1-3-5-11-10-14-12(17-11)13-6-4-7-16-9-8-15-2/h11H,3-10H2,1-2H3,(H,13,14). The van der Waals surface area contributed by atoms with Crippen molar-refractivity contribution in [1.29, 1.82) is 0 Å².